The minimum atomic E-state index is -0.998. The molecule has 7 heteroatoms. The Bertz CT molecular complexity index is 369. The zero-order chi connectivity index (χ0) is 14.7. The first-order chi connectivity index (χ1) is 9.50. The molecule has 0 bridgehead atoms. The van der Waals surface area contributed by atoms with E-state index in [1.807, 2.05) is 0 Å². The van der Waals surface area contributed by atoms with E-state index >= 15 is 0 Å². The van der Waals surface area contributed by atoms with E-state index in [0.717, 1.165) is 13.1 Å². The normalized spacial score (nSPS) is 25.1. The van der Waals surface area contributed by atoms with Crippen LogP contribution in [0.4, 0.5) is 4.79 Å². The molecule has 2 aliphatic heterocycles. The molecule has 114 valence electrons. The summed E-state index contributed by atoms with van der Waals surface area (Å²) >= 11 is 0. The van der Waals surface area contributed by atoms with E-state index in [4.69, 9.17) is 0 Å². The highest BCUT2D eigenvalue weighted by Gasteiger charge is 2.38. The molecule has 2 amide bonds. The van der Waals surface area contributed by atoms with Crippen molar-refractivity contribution in [2.45, 2.75) is 25.9 Å². The molecule has 0 radical (unpaired) electrons. The van der Waals surface area contributed by atoms with Gasteiger partial charge in [-0.2, -0.15) is 0 Å². The molecule has 2 N–H and O–H groups in total. The molecule has 0 aromatic carbocycles. The van der Waals surface area contributed by atoms with E-state index in [2.05, 4.69) is 24.1 Å². The van der Waals surface area contributed by atoms with Crippen molar-refractivity contribution in [2.24, 2.45) is 0 Å². The quantitative estimate of drug-likeness (QED) is 0.714. The van der Waals surface area contributed by atoms with Crippen LogP contribution in [-0.2, 0) is 4.79 Å². The molecule has 2 saturated heterocycles. The number of rotatable bonds is 2. The second kappa shape index (κ2) is 6.41. The van der Waals surface area contributed by atoms with Gasteiger partial charge in [-0.15, -0.1) is 0 Å². The average molecular weight is 284 g/mol. The van der Waals surface area contributed by atoms with Crippen LogP contribution >= 0.6 is 0 Å². The molecule has 2 aliphatic rings. The standard InChI is InChI=1S/C13H24N4O3/c1-10(2)16-7-8-17(13(19)20)11(9-16)12(18)15-5-3-14-4-6-15/h10-11,14H,3-9H2,1-2H3,(H,19,20). The van der Waals surface area contributed by atoms with Crippen molar-refractivity contribution in [3.63, 3.8) is 0 Å². The number of amides is 2. The highest BCUT2D eigenvalue weighted by Crippen LogP contribution is 2.15. The van der Waals surface area contributed by atoms with Crippen molar-refractivity contribution < 1.29 is 14.7 Å². The first-order valence-electron chi connectivity index (χ1n) is 7.24. The van der Waals surface area contributed by atoms with Crippen molar-refractivity contribution in [2.75, 3.05) is 45.8 Å². The molecule has 0 aromatic rings. The minimum absolute atomic E-state index is 0.0562. The number of hydrogen-bond donors (Lipinski definition) is 2. The highest BCUT2D eigenvalue weighted by atomic mass is 16.4. The fourth-order valence-corrected chi connectivity index (χ4v) is 2.81. The first kappa shape index (κ1) is 15.1. The lowest BCUT2D eigenvalue weighted by atomic mass is 10.1. The van der Waals surface area contributed by atoms with Crippen molar-refractivity contribution in [3.8, 4) is 0 Å². The molecule has 7 nitrogen and oxygen atoms in total. The Labute approximate surface area is 119 Å². The number of carbonyl (C=O) groups excluding carboxylic acids is 1. The Kier molecular flexibility index (Phi) is 4.82. The molecule has 20 heavy (non-hydrogen) atoms. The Morgan fingerprint density at radius 3 is 2.35 bits per heavy atom. The SMILES string of the molecule is CC(C)N1CCN(C(=O)O)C(C(=O)N2CCNCC2)C1. The summed E-state index contributed by atoms with van der Waals surface area (Å²) in [5.41, 5.74) is 0. The van der Waals surface area contributed by atoms with Gasteiger partial charge >= 0.3 is 6.09 Å². The summed E-state index contributed by atoms with van der Waals surface area (Å²) in [7, 11) is 0. The van der Waals surface area contributed by atoms with Crippen LogP contribution in [0.5, 0.6) is 0 Å². The molecule has 0 saturated carbocycles. The lowest BCUT2D eigenvalue weighted by molar-refractivity contribution is -0.139. The van der Waals surface area contributed by atoms with Gasteiger partial charge < -0.3 is 15.3 Å². The summed E-state index contributed by atoms with van der Waals surface area (Å²) in [6.07, 6.45) is -0.998. The molecular formula is C13H24N4O3. The maximum absolute atomic E-state index is 12.6. The van der Waals surface area contributed by atoms with Gasteiger partial charge in [0.15, 0.2) is 0 Å². The summed E-state index contributed by atoms with van der Waals surface area (Å²) in [6, 6.07) is -0.244. The smallest absolute Gasteiger partial charge is 0.408 e. The van der Waals surface area contributed by atoms with Crippen LogP contribution in [0.1, 0.15) is 13.8 Å². The van der Waals surface area contributed by atoms with Crippen LogP contribution in [0.2, 0.25) is 0 Å². The Morgan fingerprint density at radius 1 is 1.15 bits per heavy atom. The van der Waals surface area contributed by atoms with E-state index in [9.17, 15) is 14.7 Å². The van der Waals surface area contributed by atoms with Crippen LogP contribution in [0.25, 0.3) is 0 Å². The summed E-state index contributed by atoms with van der Waals surface area (Å²) in [5, 5.41) is 12.5. The van der Waals surface area contributed by atoms with Gasteiger partial charge in [-0.3, -0.25) is 14.6 Å². The Morgan fingerprint density at radius 2 is 1.80 bits per heavy atom. The molecular weight excluding hydrogens is 260 g/mol. The maximum Gasteiger partial charge on any atom is 0.408 e. The largest absolute Gasteiger partial charge is 0.465 e. The number of nitrogens with zero attached hydrogens (tertiary/aromatic N) is 3. The third-order valence-electron chi connectivity index (χ3n) is 4.10. The van der Waals surface area contributed by atoms with E-state index < -0.39 is 12.1 Å². The molecule has 0 aromatic heterocycles. The maximum atomic E-state index is 12.6. The van der Waals surface area contributed by atoms with Crippen LogP contribution in [0.15, 0.2) is 0 Å². The first-order valence-corrected chi connectivity index (χ1v) is 7.24. The van der Waals surface area contributed by atoms with Crippen LogP contribution in [0.3, 0.4) is 0 Å². The summed E-state index contributed by atoms with van der Waals surface area (Å²) < 4.78 is 0. The summed E-state index contributed by atoms with van der Waals surface area (Å²) in [4.78, 5) is 29.2. The monoisotopic (exact) mass is 284 g/mol. The predicted octanol–water partition coefficient (Wildman–Crippen LogP) is -0.509. The van der Waals surface area contributed by atoms with E-state index in [1.165, 1.54) is 4.90 Å². The van der Waals surface area contributed by atoms with Gasteiger partial charge in [0, 0.05) is 51.9 Å². The van der Waals surface area contributed by atoms with Crippen molar-refractivity contribution >= 4 is 12.0 Å². The predicted molar refractivity (Wildman–Crippen MR) is 74.7 cm³/mol. The van der Waals surface area contributed by atoms with Crippen molar-refractivity contribution in [1.82, 2.24) is 20.0 Å². The lowest BCUT2D eigenvalue weighted by Gasteiger charge is -2.43. The molecule has 2 fully saturated rings. The third-order valence-corrected chi connectivity index (χ3v) is 4.10. The fraction of sp³-hybridized carbons (Fsp3) is 0.846. The number of carboxylic acid groups (broad SMARTS) is 1. The highest BCUT2D eigenvalue weighted by molar-refractivity contribution is 5.86. The number of nitrogens with one attached hydrogen (secondary N) is 1. The van der Waals surface area contributed by atoms with E-state index in [0.29, 0.717) is 38.8 Å². The zero-order valence-electron chi connectivity index (χ0n) is 12.2. The molecule has 1 unspecified atom stereocenters. The number of carbonyl (C=O) groups is 2. The van der Waals surface area contributed by atoms with Crippen molar-refractivity contribution in [3.05, 3.63) is 0 Å². The van der Waals surface area contributed by atoms with Gasteiger partial charge in [-0.05, 0) is 13.8 Å². The van der Waals surface area contributed by atoms with Gasteiger partial charge in [0.1, 0.15) is 6.04 Å². The summed E-state index contributed by atoms with van der Waals surface area (Å²) in [5.74, 6) is -0.0562. The van der Waals surface area contributed by atoms with Crippen LogP contribution in [-0.4, -0.2) is 89.7 Å². The molecule has 0 aliphatic carbocycles. The van der Waals surface area contributed by atoms with E-state index in [1.54, 1.807) is 4.90 Å². The second-order valence-corrected chi connectivity index (χ2v) is 5.66. The van der Waals surface area contributed by atoms with Gasteiger partial charge in [0.2, 0.25) is 5.91 Å². The third kappa shape index (κ3) is 3.21. The molecule has 2 heterocycles. The van der Waals surface area contributed by atoms with Crippen LogP contribution < -0.4 is 5.32 Å². The Balaban J connectivity index is 2.09. The molecule has 2 rings (SSSR count). The minimum Gasteiger partial charge on any atom is -0.465 e. The van der Waals surface area contributed by atoms with Gasteiger partial charge in [-0.25, -0.2) is 4.79 Å². The van der Waals surface area contributed by atoms with Crippen LogP contribution in [0, 0.1) is 0 Å². The second-order valence-electron chi connectivity index (χ2n) is 5.66. The summed E-state index contributed by atoms with van der Waals surface area (Å²) in [6.45, 7) is 8.59. The Hall–Kier alpha value is -1.34. The number of piperazine rings is 2. The van der Waals surface area contributed by atoms with Crippen molar-refractivity contribution in [1.29, 1.82) is 0 Å². The number of hydrogen-bond acceptors (Lipinski definition) is 4. The van der Waals surface area contributed by atoms with E-state index in [-0.39, 0.29) is 5.91 Å². The van der Waals surface area contributed by atoms with Gasteiger partial charge in [0.05, 0.1) is 0 Å². The van der Waals surface area contributed by atoms with Gasteiger partial charge in [-0.1, -0.05) is 0 Å². The molecule has 0 spiro atoms. The topological polar surface area (TPSA) is 76.1 Å². The fourth-order valence-electron chi connectivity index (χ4n) is 2.81. The van der Waals surface area contributed by atoms with Gasteiger partial charge in [0.25, 0.3) is 0 Å². The lowest BCUT2D eigenvalue weighted by Crippen LogP contribution is -2.63. The average Bonchev–Trinajstić information content (AvgIpc) is 2.46. The molecule has 1 atom stereocenters. The zero-order valence-corrected chi connectivity index (χ0v) is 12.2.